The van der Waals surface area contributed by atoms with Gasteiger partial charge in [-0.05, 0) is 48.1 Å². The van der Waals surface area contributed by atoms with E-state index in [2.05, 4.69) is 16.0 Å². The van der Waals surface area contributed by atoms with Crippen molar-refractivity contribution in [3.8, 4) is 0 Å². The highest BCUT2D eigenvalue weighted by Crippen LogP contribution is 2.28. The Morgan fingerprint density at radius 3 is 2.24 bits per heavy atom. The highest BCUT2D eigenvalue weighted by atomic mass is 19.1. The van der Waals surface area contributed by atoms with Gasteiger partial charge in [-0.1, -0.05) is 51.1 Å². The highest BCUT2D eigenvalue weighted by molar-refractivity contribution is 5.99. The number of hydrogen-bond donors (Lipinski definition) is 4. The zero-order valence-electron chi connectivity index (χ0n) is 20.2. The van der Waals surface area contributed by atoms with Crippen LogP contribution in [0.25, 0.3) is 0 Å². The molecule has 0 aromatic heterocycles. The molecule has 0 radical (unpaired) electrons. The van der Waals surface area contributed by atoms with Crippen LogP contribution in [-0.4, -0.2) is 29.4 Å². The minimum Gasteiger partial charge on any atom is -0.386 e. The van der Waals surface area contributed by atoms with Gasteiger partial charge in [0.25, 0.3) is 5.91 Å². The molecule has 1 saturated heterocycles. The normalized spacial score (nSPS) is 17.1. The van der Waals surface area contributed by atoms with Gasteiger partial charge < -0.3 is 21.1 Å². The minimum atomic E-state index is -1.08. The van der Waals surface area contributed by atoms with Crippen LogP contribution in [0.3, 0.4) is 0 Å². The predicted molar refractivity (Wildman–Crippen MR) is 127 cm³/mol. The van der Waals surface area contributed by atoms with Crippen LogP contribution < -0.4 is 16.0 Å². The van der Waals surface area contributed by atoms with Gasteiger partial charge in [-0.25, -0.2) is 4.39 Å². The molecule has 0 spiro atoms. The molecule has 2 aromatic rings. The Morgan fingerprint density at radius 1 is 1.09 bits per heavy atom. The second-order valence-corrected chi connectivity index (χ2v) is 10.3. The van der Waals surface area contributed by atoms with Crippen molar-refractivity contribution in [1.29, 1.82) is 0 Å². The van der Waals surface area contributed by atoms with E-state index < -0.39 is 40.6 Å². The summed E-state index contributed by atoms with van der Waals surface area (Å²) in [4.78, 5) is 37.5. The summed E-state index contributed by atoms with van der Waals surface area (Å²) in [5, 5.41) is 18.2. The van der Waals surface area contributed by atoms with Crippen LogP contribution in [0, 0.1) is 11.7 Å². The first-order chi connectivity index (χ1) is 15.8. The van der Waals surface area contributed by atoms with Gasteiger partial charge in [0.2, 0.25) is 11.8 Å². The molecule has 1 unspecified atom stereocenters. The molecule has 3 rings (SSSR count). The second-order valence-electron chi connectivity index (χ2n) is 10.3. The van der Waals surface area contributed by atoms with Gasteiger partial charge in [0.1, 0.15) is 11.9 Å². The van der Waals surface area contributed by atoms with E-state index in [-0.39, 0.29) is 24.6 Å². The Morgan fingerprint density at radius 2 is 1.74 bits per heavy atom. The van der Waals surface area contributed by atoms with Crippen molar-refractivity contribution in [3.63, 3.8) is 0 Å². The quantitative estimate of drug-likeness (QED) is 0.521. The second kappa shape index (κ2) is 9.54. The molecule has 2 aromatic carbocycles. The summed E-state index contributed by atoms with van der Waals surface area (Å²) in [6.45, 7) is 9.19. The number of amides is 3. The first kappa shape index (κ1) is 25.4. The number of hydrogen-bond acceptors (Lipinski definition) is 4. The van der Waals surface area contributed by atoms with E-state index in [1.54, 1.807) is 50.2 Å². The van der Waals surface area contributed by atoms with E-state index in [4.69, 9.17) is 0 Å². The Labute approximate surface area is 199 Å². The molecule has 182 valence electrons. The summed E-state index contributed by atoms with van der Waals surface area (Å²) in [5.41, 5.74) is 0.464. The topological polar surface area (TPSA) is 108 Å². The molecule has 34 heavy (non-hydrogen) atoms. The van der Waals surface area contributed by atoms with E-state index in [1.807, 2.05) is 20.8 Å². The maximum atomic E-state index is 14.6. The summed E-state index contributed by atoms with van der Waals surface area (Å²) in [6, 6.07) is 10.1. The van der Waals surface area contributed by atoms with E-state index >= 15 is 0 Å². The molecule has 0 bridgehead atoms. The summed E-state index contributed by atoms with van der Waals surface area (Å²) < 4.78 is 14.6. The molecule has 3 amide bonds. The van der Waals surface area contributed by atoms with Crippen molar-refractivity contribution >= 4 is 23.4 Å². The molecule has 1 aliphatic heterocycles. The number of anilines is 1. The SMILES string of the molecule is CC(C)(C)c1ccc(NC(=O)C(NC(=O)[C@@H]2CNC(=O)C2)c2ccc(C(C)(C)O)cc2)cc1F. The lowest BCUT2D eigenvalue weighted by Gasteiger charge is -2.23. The highest BCUT2D eigenvalue weighted by Gasteiger charge is 2.32. The number of aliphatic hydroxyl groups is 1. The van der Waals surface area contributed by atoms with Crippen LogP contribution in [-0.2, 0) is 25.4 Å². The lowest BCUT2D eigenvalue weighted by Crippen LogP contribution is -2.40. The van der Waals surface area contributed by atoms with Crippen LogP contribution in [0.2, 0.25) is 0 Å². The predicted octanol–water partition coefficient (Wildman–Crippen LogP) is 3.28. The number of carbonyl (C=O) groups excluding carboxylic acids is 3. The van der Waals surface area contributed by atoms with Crippen molar-refractivity contribution in [3.05, 3.63) is 65.0 Å². The zero-order chi connectivity index (χ0) is 25.3. The van der Waals surface area contributed by atoms with Crippen molar-refractivity contribution in [2.45, 2.75) is 58.1 Å². The maximum Gasteiger partial charge on any atom is 0.251 e. The number of nitrogens with one attached hydrogen (secondary N) is 3. The fraction of sp³-hybridized carbons (Fsp3) is 0.423. The van der Waals surface area contributed by atoms with Gasteiger partial charge in [-0.2, -0.15) is 0 Å². The lowest BCUT2D eigenvalue weighted by atomic mass is 9.86. The third kappa shape index (κ3) is 5.99. The first-order valence-corrected chi connectivity index (χ1v) is 11.3. The number of carbonyl (C=O) groups is 3. The lowest BCUT2D eigenvalue weighted by molar-refractivity contribution is -0.129. The van der Waals surface area contributed by atoms with Crippen LogP contribution in [0.15, 0.2) is 42.5 Å². The molecule has 2 atom stereocenters. The fourth-order valence-corrected chi connectivity index (χ4v) is 3.85. The smallest absolute Gasteiger partial charge is 0.251 e. The van der Waals surface area contributed by atoms with E-state index in [1.165, 1.54) is 6.07 Å². The van der Waals surface area contributed by atoms with Crippen LogP contribution >= 0.6 is 0 Å². The largest absolute Gasteiger partial charge is 0.386 e. The average molecular weight is 470 g/mol. The van der Waals surface area contributed by atoms with Crippen LogP contribution in [0.4, 0.5) is 10.1 Å². The first-order valence-electron chi connectivity index (χ1n) is 11.3. The van der Waals surface area contributed by atoms with Gasteiger partial charge in [-0.3, -0.25) is 14.4 Å². The van der Waals surface area contributed by atoms with E-state index in [9.17, 15) is 23.9 Å². The average Bonchev–Trinajstić information content (AvgIpc) is 3.17. The number of halogens is 1. The molecule has 7 nitrogen and oxygen atoms in total. The molecule has 8 heteroatoms. The third-order valence-electron chi connectivity index (χ3n) is 5.89. The fourth-order valence-electron chi connectivity index (χ4n) is 3.85. The molecule has 4 N–H and O–H groups in total. The van der Waals surface area contributed by atoms with Gasteiger partial charge in [0.05, 0.1) is 11.5 Å². The Hall–Kier alpha value is -3.26. The Kier molecular flexibility index (Phi) is 7.12. The van der Waals surface area contributed by atoms with Gasteiger partial charge in [-0.15, -0.1) is 0 Å². The molecular formula is C26H32FN3O4. The monoisotopic (exact) mass is 469 g/mol. The Balaban J connectivity index is 1.86. The van der Waals surface area contributed by atoms with E-state index in [0.717, 1.165) is 0 Å². The van der Waals surface area contributed by atoms with Crippen molar-refractivity contribution in [1.82, 2.24) is 10.6 Å². The van der Waals surface area contributed by atoms with Crippen molar-refractivity contribution in [2.24, 2.45) is 5.92 Å². The maximum absolute atomic E-state index is 14.6. The summed E-state index contributed by atoms with van der Waals surface area (Å²) >= 11 is 0. The van der Waals surface area contributed by atoms with Crippen molar-refractivity contribution < 1.29 is 23.9 Å². The zero-order valence-corrected chi connectivity index (χ0v) is 20.2. The molecule has 1 aliphatic rings. The Bertz CT molecular complexity index is 1080. The number of rotatable bonds is 6. The standard InChI is InChI=1S/C26H32FN3O4/c1-25(2,3)19-11-10-18(13-20(19)27)29-24(33)22(30-23(32)16-12-21(31)28-14-16)15-6-8-17(9-7-15)26(4,5)34/h6-11,13,16,22,34H,12,14H2,1-5H3,(H,28,31)(H,29,33)(H,30,32)/t16-,22?/m0/s1. The molecular weight excluding hydrogens is 437 g/mol. The molecule has 1 fully saturated rings. The number of benzene rings is 2. The van der Waals surface area contributed by atoms with Crippen molar-refractivity contribution in [2.75, 3.05) is 11.9 Å². The molecule has 0 saturated carbocycles. The van der Waals surface area contributed by atoms with Crippen LogP contribution in [0.5, 0.6) is 0 Å². The van der Waals surface area contributed by atoms with E-state index in [0.29, 0.717) is 16.7 Å². The minimum absolute atomic E-state index is 0.0529. The van der Waals surface area contributed by atoms with Gasteiger partial charge in [0, 0.05) is 18.7 Å². The summed E-state index contributed by atoms with van der Waals surface area (Å²) in [6.07, 6.45) is 0.0529. The summed E-state index contributed by atoms with van der Waals surface area (Å²) in [7, 11) is 0. The molecule has 0 aliphatic carbocycles. The summed E-state index contributed by atoms with van der Waals surface area (Å²) in [5.74, 6) is -2.22. The van der Waals surface area contributed by atoms with Gasteiger partial charge >= 0.3 is 0 Å². The van der Waals surface area contributed by atoms with Crippen LogP contribution in [0.1, 0.15) is 63.8 Å². The van der Waals surface area contributed by atoms with Gasteiger partial charge in [0.15, 0.2) is 0 Å². The third-order valence-corrected chi connectivity index (χ3v) is 5.89. The molecule has 1 heterocycles.